The normalized spacial score (nSPS) is 9.21. The van der Waals surface area contributed by atoms with Crippen molar-refractivity contribution in [3.63, 3.8) is 0 Å². The van der Waals surface area contributed by atoms with Gasteiger partial charge in [0.15, 0.2) is 0 Å². The van der Waals surface area contributed by atoms with Crippen molar-refractivity contribution in [2.75, 3.05) is 19.7 Å². The minimum Gasteiger partial charge on any atom is -0.337 e. The lowest BCUT2D eigenvalue weighted by Gasteiger charge is -2.19. The first-order chi connectivity index (χ1) is 6.61. The van der Waals surface area contributed by atoms with E-state index in [1.807, 2.05) is 6.92 Å². The van der Waals surface area contributed by atoms with Crippen LogP contribution in [0, 0.1) is 10.1 Å². The van der Waals surface area contributed by atoms with Gasteiger partial charge in [0.25, 0.3) is 5.09 Å². The Morgan fingerprint density at radius 1 is 1.64 bits per heavy atom. The highest BCUT2D eigenvalue weighted by atomic mass is 16.9. The molecule has 0 aromatic rings. The fourth-order valence-electron chi connectivity index (χ4n) is 0.957. The number of carbonyl (C=O) groups is 1. The predicted octanol–water partition coefficient (Wildman–Crippen LogP) is 0.619. The molecule has 0 aromatic heterocycles. The van der Waals surface area contributed by atoms with Gasteiger partial charge in [-0.25, -0.2) is 0 Å². The lowest BCUT2D eigenvalue weighted by Crippen LogP contribution is -2.33. The van der Waals surface area contributed by atoms with E-state index in [2.05, 4.69) is 11.4 Å². The van der Waals surface area contributed by atoms with E-state index >= 15 is 0 Å². The van der Waals surface area contributed by atoms with Gasteiger partial charge in [0.05, 0.1) is 0 Å². The lowest BCUT2D eigenvalue weighted by molar-refractivity contribution is -0.757. The molecule has 6 nitrogen and oxygen atoms in total. The molecule has 80 valence electrons. The maximum Gasteiger partial charge on any atom is 0.294 e. The molecule has 0 saturated carbocycles. The number of hydrogen-bond acceptors (Lipinski definition) is 4. The summed E-state index contributed by atoms with van der Waals surface area (Å²) in [6.07, 6.45) is 1.97. The zero-order chi connectivity index (χ0) is 11.0. The molecule has 0 N–H and O–H groups in total. The van der Waals surface area contributed by atoms with E-state index in [-0.39, 0.29) is 19.1 Å². The van der Waals surface area contributed by atoms with Crippen molar-refractivity contribution in [3.05, 3.63) is 22.8 Å². The second-order valence-electron chi connectivity index (χ2n) is 2.59. The first-order valence-electron chi connectivity index (χ1n) is 4.30. The standard InChI is InChI=1S/C8H14N2O4/c1-3-5-9(8(11)4-2)6-7-14-10(12)13/h4H,2-3,5-7H2,1H3. The molecule has 0 spiro atoms. The van der Waals surface area contributed by atoms with Gasteiger partial charge in [0, 0.05) is 13.1 Å². The van der Waals surface area contributed by atoms with E-state index < -0.39 is 5.09 Å². The summed E-state index contributed by atoms with van der Waals surface area (Å²) in [4.78, 5) is 26.6. The van der Waals surface area contributed by atoms with E-state index in [1.165, 1.54) is 11.0 Å². The van der Waals surface area contributed by atoms with Crippen molar-refractivity contribution in [2.24, 2.45) is 0 Å². The quantitative estimate of drug-likeness (QED) is 0.344. The van der Waals surface area contributed by atoms with Gasteiger partial charge in [-0.3, -0.25) is 4.79 Å². The Hall–Kier alpha value is -1.59. The van der Waals surface area contributed by atoms with Crippen LogP contribution >= 0.6 is 0 Å². The molecule has 1 amide bonds. The Bertz CT molecular complexity index is 217. The smallest absolute Gasteiger partial charge is 0.294 e. The van der Waals surface area contributed by atoms with Gasteiger partial charge >= 0.3 is 0 Å². The zero-order valence-electron chi connectivity index (χ0n) is 8.14. The Kier molecular flexibility index (Phi) is 6.09. The summed E-state index contributed by atoms with van der Waals surface area (Å²) in [5.74, 6) is -0.237. The van der Waals surface area contributed by atoms with Gasteiger partial charge in [-0.1, -0.05) is 13.5 Å². The maximum atomic E-state index is 11.2. The molecule has 0 heterocycles. The van der Waals surface area contributed by atoms with Crippen LogP contribution < -0.4 is 0 Å². The van der Waals surface area contributed by atoms with Gasteiger partial charge in [-0.15, -0.1) is 10.1 Å². The molecule has 14 heavy (non-hydrogen) atoms. The molecule has 0 rings (SSSR count). The average molecular weight is 202 g/mol. The number of hydrogen-bond donors (Lipinski definition) is 0. The van der Waals surface area contributed by atoms with Gasteiger partial charge in [-0.05, 0) is 12.5 Å². The zero-order valence-corrected chi connectivity index (χ0v) is 8.14. The summed E-state index contributed by atoms with van der Waals surface area (Å²) < 4.78 is 0. The van der Waals surface area contributed by atoms with Crippen LogP contribution in [-0.2, 0) is 9.63 Å². The van der Waals surface area contributed by atoms with Crippen LogP contribution in [0.5, 0.6) is 0 Å². The molecule has 0 saturated heterocycles. The summed E-state index contributed by atoms with van der Waals surface area (Å²) >= 11 is 0. The summed E-state index contributed by atoms with van der Waals surface area (Å²) in [6.45, 7) is 5.91. The minimum absolute atomic E-state index is 0.105. The third-order valence-corrected chi connectivity index (χ3v) is 1.54. The maximum absolute atomic E-state index is 11.2. The van der Waals surface area contributed by atoms with Crippen LogP contribution in [0.15, 0.2) is 12.7 Å². The third-order valence-electron chi connectivity index (χ3n) is 1.54. The fraction of sp³-hybridized carbons (Fsp3) is 0.625. The van der Waals surface area contributed by atoms with Crippen LogP contribution in [0.3, 0.4) is 0 Å². The molecule has 0 aromatic carbocycles. The Morgan fingerprint density at radius 3 is 2.71 bits per heavy atom. The van der Waals surface area contributed by atoms with Crippen LogP contribution in [0.1, 0.15) is 13.3 Å². The molecule has 0 radical (unpaired) electrons. The third kappa shape index (κ3) is 5.13. The van der Waals surface area contributed by atoms with Crippen molar-refractivity contribution in [2.45, 2.75) is 13.3 Å². The van der Waals surface area contributed by atoms with Crippen LogP contribution in [0.2, 0.25) is 0 Å². The SMILES string of the molecule is C=CC(=O)N(CCC)CCO[N+](=O)[O-]. The molecule has 0 fully saturated rings. The number of carbonyl (C=O) groups excluding carboxylic acids is 1. The first kappa shape index (κ1) is 12.4. The summed E-state index contributed by atoms with van der Waals surface area (Å²) in [5, 5.41) is 8.97. The molecular weight excluding hydrogens is 188 g/mol. The second-order valence-corrected chi connectivity index (χ2v) is 2.59. The Labute approximate surface area is 82.2 Å². The van der Waals surface area contributed by atoms with Crippen molar-refractivity contribution in [1.29, 1.82) is 0 Å². The van der Waals surface area contributed by atoms with E-state index in [0.717, 1.165) is 6.42 Å². The molecule has 0 aliphatic rings. The highest BCUT2D eigenvalue weighted by Crippen LogP contribution is 1.94. The van der Waals surface area contributed by atoms with Gasteiger partial charge in [0.1, 0.15) is 6.61 Å². The van der Waals surface area contributed by atoms with Crippen molar-refractivity contribution >= 4 is 5.91 Å². The Balaban J connectivity index is 3.90. The van der Waals surface area contributed by atoms with Crippen LogP contribution in [0.4, 0.5) is 0 Å². The minimum atomic E-state index is -0.873. The second kappa shape index (κ2) is 6.88. The number of rotatable bonds is 7. The molecule has 0 aliphatic carbocycles. The molecule has 6 heteroatoms. The first-order valence-corrected chi connectivity index (χ1v) is 4.30. The van der Waals surface area contributed by atoms with Gasteiger partial charge in [0.2, 0.25) is 5.91 Å². The summed E-state index contributed by atoms with van der Waals surface area (Å²) in [5.41, 5.74) is 0. The lowest BCUT2D eigenvalue weighted by atomic mass is 10.4. The van der Waals surface area contributed by atoms with Crippen molar-refractivity contribution in [1.82, 2.24) is 4.90 Å². The van der Waals surface area contributed by atoms with E-state index in [4.69, 9.17) is 0 Å². The van der Waals surface area contributed by atoms with Crippen molar-refractivity contribution in [3.8, 4) is 0 Å². The number of amides is 1. The fourth-order valence-corrected chi connectivity index (χ4v) is 0.957. The topological polar surface area (TPSA) is 72.7 Å². The van der Waals surface area contributed by atoms with Gasteiger partial charge in [-0.2, -0.15) is 0 Å². The average Bonchev–Trinajstić information content (AvgIpc) is 2.15. The highest BCUT2D eigenvalue weighted by Gasteiger charge is 2.08. The largest absolute Gasteiger partial charge is 0.337 e. The molecule has 0 atom stereocenters. The van der Waals surface area contributed by atoms with Crippen LogP contribution in [-0.4, -0.2) is 35.6 Å². The van der Waals surface area contributed by atoms with Crippen LogP contribution in [0.25, 0.3) is 0 Å². The van der Waals surface area contributed by atoms with Crippen molar-refractivity contribution < 1.29 is 14.7 Å². The highest BCUT2D eigenvalue weighted by molar-refractivity contribution is 5.86. The van der Waals surface area contributed by atoms with E-state index in [1.54, 1.807) is 0 Å². The molecule has 0 unspecified atom stereocenters. The molecule has 0 aliphatic heterocycles. The van der Waals surface area contributed by atoms with E-state index in [9.17, 15) is 14.9 Å². The predicted molar refractivity (Wildman–Crippen MR) is 50.0 cm³/mol. The van der Waals surface area contributed by atoms with Gasteiger partial charge < -0.3 is 9.74 Å². The summed E-state index contributed by atoms with van der Waals surface area (Å²) in [7, 11) is 0. The van der Waals surface area contributed by atoms with E-state index in [0.29, 0.717) is 6.54 Å². The monoisotopic (exact) mass is 202 g/mol. The molecular formula is C8H14N2O4. The molecule has 0 bridgehead atoms. The Morgan fingerprint density at radius 2 is 2.29 bits per heavy atom. The number of nitrogens with zero attached hydrogens (tertiary/aromatic N) is 2. The summed E-state index contributed by atoms with van der Waals surface area (Å²) in [6, 6.07) is 0.